The number of esters is 1. The highest BCUT2D eigenvalue weighted by Crippen LogP contribution is 2.16. The van der Waals surface area contributed by atoms with Gasteiger partial charge in [-0.15, -0.1) is 0 Å². The highest BCUT2D eigenvalue weighted by atomic mass is 19.1. The van der Waals surface area contributed by atoms with Crippen molar-refractivity contribution in [2.75, 3.05) is 7.11 Å². The van der Waals surface area contributed by atoms with Crippen LogP contribution in [-0.2, 0) is 20.9 Å². The first-order chi connectivity index (χ1) is 11.5. The maximum atomic E-state index is 13.6. The number of alkyl carbamates (subject to hydrolysis) is 1. The van der Waals surface area contributed by atoms with Gasteiger partial charge in [0.15, 0.2) is 0 Å². The van der Waals surface area contributed by atoms with E-state index in [2.05, 4.69) is 23.2 Å². The van der Waals surface area contributed by atoms with E-state index in [9.17, 15) is 14.0 Å². The highest BCUT2D eigenvalue weighted by Gasteiger charge is 2.24. The van der Waals surface area contributed by atoms with Crippen molar-refractivity contribution < 1.29 is 23.5 Å². The number of allylic oxidation sites excluding steroid dienone is 3. The van der Waals surface area contributed by atoms with Crippen molar-refractivity contribution in [3.05, 3.63) is 72.6 Å². The zero-order valence-electron chi connectivity index (χ0n) is 13.5. The molecule has 0 unspecified atom stereocenters. The van der Waals surface area contributed by atoms with Crippen LogP contribution in [0.25, 0.3) is 0 Å². The molecule has 24 heavy (non-hydrogen) atoms. The Morgan fingerprint density at radius 1 is 1.25 bits per heavy atom. The Hall–Kier alpha value is -2.89. The summed E-state index contributed by atoms with van der Waals surface area (Å²) in [5.41, 5.74) is 0.926. The molecule has 128 valence electrons. The van der Waals surface area contributed by atoms with Crippen LogP contribution in [0.4, 0.5) is 9.18 Å². The van der Waals surface area contributed by atoms with Crippen LogP contribution in [-0.4, -0.2) is 25.2 Å². The normalized spacial score (nSPS) is 12.4. The van der Waals surface area contributed by atoms with Gasteiger partial charge in [0.05, 0.1) is 7.11 Å². The molecule has 0 radical (unpaired) electrons. The molecule has 1 N–H and O–H groups in total. The molecule has 1 rings (SSSR count). The molecule has 1 amide bonds. The number of benzene rings is 1. The number of methoxy groups -OCH3 is 1. The van der Waals surface area contributed by atoms with Gasteiger partial charge in [0.2, 0.25) is 0 Å². The fraction of sp³-hybridized carbons (Fsp3) is 0.222. The smallest absolute Gasteiger partial charge is 0.408 e. The first-order valence-corrected chi connectivity index (χ1v) is 7.20. The highest BCUT2D eigenvalue weighted by molar-refractivity contribution is 5.81. The molecule has 0 heterocycles. The molecular formula is C18H20FNO4. The van der Waals surface area contributed by atoms with E-state index in [4.69, 9.17) is 4.74 Å². The summed E-state index contributed by atoms with van der Waals surface area (Å²) >= 11 is 0. The maximum Gasteiger partial charge on any atom is 0.408 e. The Bertz CT molecular complexity index is 625. The van der Waals surface area contributed by atoms with Crippen molar-refractivity contribution in [1.29, 1.82) is 0 Å². The number of halogens is 1. The number of nitrogens with one attached hydrogen (secondary N) is 1. The molecule has 0 aliphatic rings. The van der Waals surface area contributed by atoms with Gasteiger partial charge in [0.25, 0.3) is 0 Å². The third-order valence-corrected chi connectivity index (χ3v) is 3.15. The lowest BCUT2D eigenvalue weighted by Gasteiger charge is -2.17. The molecule has 0 spiro atoms. The monoisotopic (exact) mass is 333 g/mol. The van der Waals surface area contributed by atoms with Crippen LogP contribution in [0.5, 0.6) is 0 Å². The van der Waals surface area contributed by atoms with Crippen molar-refractivity contribution in [1.82, 2.24) is 5.32 Å². The molecule has 1 aromatic carbocycles. The van der Waals surface area contributed by atoms with Gasteiger partial charge in [-0.25, -0.2) is 14.0 Å². The van der Waals surface area contributed by atoms with E-state index < -0.39 is 23.9 Å². The molecule has 6 heteroatoms. The van der Waals surface area contributed by atoms with E-state index >= 15 is 0 Å². The average molecular weight is 333 g/mol. The van der Waals surface area contributed by atoms with Crippen molar-refractivity contribution >= 4 is 12.1 Å². The van der Waals surface area contributed by atoms with Gasteiger partial charge < -0.3 is 14.8 Å². The van der Waals surface area contributed by atoms with Crippen molar-refractivity contribution in [2.24, 2.45) is 0 Å². The molecule has 0 saturated carbocycles. The lowest BCUT2D eigenvalue weighted by molar-refractivity contribution is -0.142. The zero-order chi connectivity index (χ0) is 17.9. The van der Waals surface area contributed by atoms with Gasteiger partial charge in [0.1, 0.15) is 18.5 Å². The molecule has 1 aromatic rings. The van der Waals surface area contributed by atoms with Crippen LogP contribution in [0, 0.1) is 0 Å². The van der Waals surface area contributed by atoms with Crippen LogP contribution < -0.4 is 5.32 Å². The molecule has 0 fully saturated rings. The van der Waals surface area contributed by atoms with Gasteiger partial charge in [0, 0.05) is 6.42 Å². The predicted octanol–water partition coefficient (Wildman–Crippen LogP) is 3.44. The second-order valence-corrected chi connectivity index (χ2v) is 4.77. The van der Waals surface area contributed by atoms with Crippen LogP contribution in [0.2, 0.25) is 0 Å². The minimum atomic E-state index is -1.10. The molecular weight excluding hydrogens is 313 g/mol. The topological polar surface area (TPSA) is 64.6 Å². The number of amides is 1. The summed E-state index contributed by atoms with van der Waals surface area (Å²) in [5, 5.41) is 2.36. The Balaban J connectivity index is 2.71. The molecule has 0 aromatic heterocycles. The summed E-state index contributed by atoms with van der Waals surface area (Å²) in [6.07, 6.45) is 1.31. The van der Waals surface area contributed by atoms with Gasteiger partial charge in [-0.05, 0) is 17.2 Å². The zero-order valence-corrected chi connectivity index (χ0v) is 13.5. The van der Waals surface area contributed by atoms with E-state index in [1.165, 1.54) is 13.2 Å². The standard InChI is InChI=1S/C18H20FNO4/c1-4-14(15(19)5-2)11-16(17(21)23-3)20-18(22)24-12-13-9-7-6-8-10-13/h4-10,16H,1-2,11-12H2,3H3,(H,20,22)/b15-14-/t16-/m0/s1. The number of hydrogen-bond acceptors (Lipinski definition) is 4. The molecule has 5 nitrogen and oxygen atoms in total. The summed E-state index contributed by atoms with van der Waals surface area (Å²) in [6, 6.07) is 7.96. The van der Waals surface area contributed by atoms with Crippen molar-refractivity contribution in [3.63, 3.8) is 0 Å². The molecule has 0 bridgehead atoms. The molecule has 0 aliphatic carbocycles. The summed E-state index contributed by atoms with van der Waals surface area (Å²) in [7, 11) is 1.17. The minimum absolute atomic E-state index is 0.0474. The molecule has 1 atom stereocenters. The van der Waals surface area contributed by atoms with Crippen LogP contribution in [0.1, 0.15) is 12.0 Å². The van der Waals surface area contributed by atoms with Crippen LogP contribution in [0.3, 0.4) is 0 Å². The fourth-order valence-corrected chi connectivity index (χ4v) is 1.87. The number of carbonyl (C=O) groups is 2. The van der Waals surface area contributed by atoms with E-state index in [0.29, 0.717) is 0 Å². The van der Waals surface area contributed by atoms with Crippen LogP contribution in [0.15, 0.2) is 67.0 Å². The number of rotatable bonds is 8. The van der Waals surface area contributed by atoms with E-state index in [0.717, 1.165) is 11.6 Å². The van der Waals surface area contributed by atoms with Crippen molar-refractivity contribution in [3.8, 4) is 0 Å². The lowest BCUT2D eigenvalue weighted by Crippen LogP contribution is -2.42. The van der Waals surface area contributed by atoms with Gasteiger partial charge in [-0.2, -0.15) is 0 Å². The summed E-state index contributed by atoms with van der Waals surface area (Å²) in [6.45, 7) is 6.85. The van der Waals surface area contributed by atoms with Gasteiger partial charge in [-0.1, -0.05) is 49.6 Å². The van der Waals surface area contributed by atoms with Crippen molar-refractivity contribution in [2.45, 2.75) is 19.1 Å². The Kier molecular flexibility index (Phi) is 7.98. The number of ether oxygens (including phenoxy) is 2. The summed E-state index contributed by atoms with van der Waals surface area (Å²) < 4.78 is 23.3. The van der Waals surface area contributed by atoms with E-state index in [1.807, 2.05) is 18.2 Å². The summed E-state index contributed by atoms with van der Waals surface area (Å²) in [5.74, 6) is -1.35. The summed E-state index contributed by atoms with van der Waals surface area (Å²) in [4.78, 5) is 23.6. The largest absolute Gasteiger partial charge is 0.467 e. The van der Waals surface area contributed by atoms with Crippen LogP contribution >= 0.6 is 0 Å². The van der Waals surface area contributed by atoms with Gasteiger partial charge >= 0.3 is 12.1 Å². The predicted molar refractivity (Wildman–Crippen MR) is 88.7 cm³/mol. The SMILES string of the molecule is C=C/C(F)=C(\C=C)C[C@H](NC(=O)OCc1ccccc1)C(=O)OC. The average Bonchev–Trinajstić information content (AvgIpc) is 2.62. The van der Waals surface area contributed by atoms with E-state index in [-0.39, 0.29) is 18.6 Å². The lowest BCUT2D eigenvalue weighted by atomic mass is 10.1. The second kappa shape index (κ2) is 9.99. The van der Waals surface area contributed by atoms with Gasteiger partial charge in [-0.3, -0.25) is 0 Å². The Morgan fingerprint density at radius 2 is 1.92 bits per heavy atom. The number of carbonyl (C=O) groups excluding carboxylic acids is 2. The minimum Gasteiger partial charge on any atom is -0.467 e. The quantitative estimate of drug-likeness (QED) is 0.585. The number of hydrogen-bond donors (Lipinski definition) is 1. The Labute approximate surface area is 140 Å². The third-order valence-electron chi connectivity index (χ3n) is 3.15. The van der Waals surface area contributed by atoms with E-state index in [1.54, 1.807) is 12.1 Å². The Morgan fingerprint density at radius 3 is 2.46 bits per heavy atom. The second-order valence-electron chi connectivity index (χ2n) is 4.77. The maximum absolute atomic E-state index is 13.6. The molecule has 0 saturated heterocycles. The fourth-order valence-electron chi connectivity index (χ4n) is 1.87. The first kappa shape index (κ1) is 19.2. The first-order valence-electron chi connectivity index (χ1n) is 7.20. The molecule has 0 aliphatic heterocycles. The third kappa shape index (κ3) is 6.08.